The highest BCUT2D eigenvalue weighted by Crippen LogP contribution is 2.38. The van der Waals surface area contributed by atoms with Crippen LogP contribution >= 0.6 is 11.6 Å². The van der Waals surface area contributed by atoms with Crippen molar-refractivity contribution >= 4 is 17.3 Å². The van der Waals surface area contributed by atoms with Gasteiger partial charge in [-0.2, -0.15) is 0 Å². The molecule has 1 unspecified atom stereocenters. The van der Waals surface area contributed by atoms with Crippen LogP contribution in [-0.4, -0.2) is 31.8 Å². The fraction of sp³-hybridized carbons (Fsp3) is 0.625. The Balaban J connectivity index is 1.92. The first-order valence-corrected chi connectivity index (χ1v) is 7.87. The number of benzene rings is 1. The number of methoxy groups -OCH3 is 1. The number of hydrogen-bond acceptors (Lipinski definition) is 3. The molecule has 1 spiro atoms. The third-order valence-electron chi connectivity index (χ3n) is 4.79. The van der Waals surface area contributed by atoms with Crippen LogP contribution in [0, 0.1) is 0 Å². The molecule has 4 heteroatoms. The van der Waals surface area contributed by atoms with Crippen molar-refractivity contribution in [1.82, 2.24) is 5.32 Å². The fourth-order valence-corrected chi connectivity index (χ4v) is 3.78. The van der Waals surface area contributed by atoms with Crippen molar-refractivity contribution in [2.75, 3.05) is 25.1 Å². The van der Waals surface area contributed by atoms with Gasteiger partial charge in [0.1, 0.15) is 5.75 Å². The summed E-state index contributed by atoms with van der Waals surface area (Å²) in [6, 6.07) is 6.34. The molecule has 2 aliphatic rings. The lowest BCUT2D eigenvalue weighted by atomic mass is 9.92. The zero-order valence-corrected chi connectivity index (χ0v) is 13.0. The lowest BCUT2D eigenvalue weighted by Crippen LogP contribution is -2.62. The zero-order valence-electron chi connectivity index (χ0n) is 12.3. The predicted molar refractivity (Wildman–Crippen MR) is 84.0 cm³/mol. The molecule has 1 aromatic carbocycles. The molecule has 1 N–H and O–H groups in total. The van der Waals surface area contributed by atoms with E-state index in [1.807, 2.05) is 18.2 Å². The molecule has 2 fully saturated rings. The second kappa shape index (κ2) is 5.45. The third-order valence-corrected chi connectivity index (χ3v) is 5.02. The maximum atomic E-state index is 6.19. The number of ether oxygens (including phenoxy) is 1. The van der Waals surface area contributed by atoms with E-state index in [9.17, 15) is 0 Å². The first-order chi connectivity index (χ1) is 9.63. The lowest BCUT2D eigenvalue weighted by molar-refractivity contribution is 0.275. The fourth-order valence-electron chi connectivity index (χ4n) is 3.61. The number of rotatable bonds is 2. The van der Waals surface area contributed by atoms with Crippen molar-refractivity contribution < 1.29 is 4.74 Å². The van der Waals surface area contributed by atoms with Crippen LogP contribution in [0.25, 0.3) is 0 Å². The van der Waals surface area contributed by atoms with Crippen molar-refractivity contribution in [2.24, 2.45) is 0 Å². The average Bonchev–Trinajstić information content (AvgIpc) is 2.90. The number of nitrogens with zero attached hydrogens (tertiary/aromatic N) is 1. The molecular formula is C16H23ClN2O. The van der Waals surface area contributed by atoms with E-state index < -0.39 is 0 Å². The van der Waals surface area contributed by atoms with E-state index in [-0.39, 0.29) is 0 Å². The van der Waals surface area contributed by atoms with E-state index in [1.54, 1.807) is 7.11 Å². The standard InChI is InChI=1S/C16H23ClN2O/c1-12-10-18-16(7-3-4-8-16)11-19(12)14-9-13(17)5-6-15(14)20-2/h5-6,9,12,18H,3-4,7-8,10-11H2,1-2H3. The van der Waals surface area contributed by atoms with Crippen LogP contribution in [0.4, 0.5) is 5.69 Å². The van der Waals surface area contributed by atoms with Crippen molar-refractivity contribution in [2.45, 2.75) is 44.2 Å². The van der Waals surface area contributed by atoms with Gasteiger partial charge in [-0.15, -0.1) is 0 Å². The van der Waals surface area contributed by atoms with Gasteiger partial charge < -0.3 is 15.0 Å². The quantitative estimate of drug-likeness (QED) is 0.904. The van der Waals surface area contributed by atoms with E-state index in [0.717, 1.165) is 29.5 Å². The van der Waals surface area contributed by atoms with Crippen LogP contribution in [0.15, 0.2) is 18.2 Å². The molecule has 20 heavy (non-hydrogen) atoms. The second-order valence-corrected chi connectivity index (χ2v) is 6.60. The van der Waals surface area contributed by atoms with Gasteiger partial charge in [-0.25, -0.2) is 0 Å². The van der Waals surface area contributed by atoms with Crippen LogP contribution in [0.5, 0.6) is 5.75 Å². The van der Waals surface area contributed by atoms with Crippen molar-refractivity contribution in [3.8, 4) is 5.75 Å². The van der Waals surface area contributed by atoms with E-state index in [1.165, 1.54) is 25.7 Å². The Labute approximate surface area is 126 Å². The molecule has 1 saturated carbocycles. The minimum atomic E-state index is 0.292. The smallest absolute Gasteiger partial charge is 0.142 e. The van der Waals surface area contributed by atoms with Gasteiger partial charge in [-0.1, -0.05) is 24.4 Å². The van der Waals surface area contributed by atoms with E-state index >= 15 is 0 Å². The highest BCUT2D eigenvalue weighted by Gasteiger charge is 2.40. The Bertz CT molecular complexity index is 485. The van der Waals surface area contributed by atoms with E-state index in [4.69, 9.17) is 16.3 Å². The summed E-state index contributed by atoms with van der Waals surface area (Å²) in [5.41, 5.74) is 1.42. The number of hydrogen-bond donors (Lipinski definition) is 1. The van der Waals surface area contributed by atoms with Crippen molar-refractivity contribution in [3.05, 3.63) is 23.2 Å². The number of piperazine rings is 1. The minimum absolute atomic E-state index is 0.292. The zero-order chi connectivity index (χ0) is 14.2. The van der Waals surface area contributed by atoms with Crippen molar-refractivity contribution in [3.63, 3.8) is 0 Å². The van der Waals surface area contributed by atoms with Gasteiger partial charge in [0.05, 0.1) is 12.8 Å². The van der Waals surface area contributed by atoms with E-state index in [0.29, 0.717) is 11.6 Å². The first-order valence-electron chi connectivity index (χ1n) is 7.49. The molecule has 3 rings (SSSR count). The summed E-state index contributed by atoms with van der Waals surface area (Å²) in [4.78, 5) is 2.46. The van der Waals surface area contributed by atoms with Gasteiger partial charge in [-0.05, 0) is 38.0 Å². The summed E-state index contributed by atoms with van der Waals surface area (Å²) in [6.07, 6.45) is 5.22. The van der Waals surface area contributed by atoms with Gasteiger partial charge in [-0.3, -0.25) is 0 Å². The van der Waals surface area contributed by atoms with Gasteiger partial charge >= 0.3 is 0 Å². The Kier molecular flexibility index (Phi) is 3.83. The highest BCUT2D eigenvalue weighted by molar-refractivity contribution is 6.30. The Morgan fingerprint density at radius 2 is 2.10 bits per heavy atom. The molecule has 1 aliphatic heterocycles. The normalized spacial score (nSPS) is 25.1. The monoisotopic (exact) mass is 294 g/mol. The molecule has 3 nitrogen and oxygen atoms in total. The van der Waals surface area contributed by atoms with Gasteiger partial charge in [0, 0.05) is 29.7 Å². The molecule has 1 atom stereocenters. The Morgan fingerprint density at radius 1 is 1.35 bits per heavy atom. The predicted octanol–water partition coefficient (Wildman–Crippen LogP) is 3.46. The number of anilines is 1. The Hall–Kier alpha value is -0.930. The van der Waals surface area contributed by atoms with Gasteiger partial charge in [0.25, 0.3) is 0 Å². The third kappa shape index (κ3) is 2.49. The SMILES string of the molecule is COc1ccc(Cl)cc1N1CC2(CCCC2)NCC1C. The lowest BCUT2D eigenvalue weighted by Gasteiger charge is -2.46. The topological polar surface area (TPSA) is 24.5 Å². The maximum Gasteiger partial charge on any atom is 0.142 e. The molecule has 1 aliphatic carbocycles. The largest absolute Gasteiger partial charge is 0.495 e. The van der Waals surface area contributed by atoms with Crippen LogP contribution < -0.4 is 15.0 Å². The molecular weight excluding hydrogens is 272 g/mol. The van der Waals surface area contributed by atoms with Gasteiger partial charge in [0.2, 0.25) is 0 Å². The summed E-state index contributed by atoms with van der Waals surface area (Å²) >= 11 is 6.19. The number of halogens is 1. The van der Waals surface area contributed by atoms with Crippen LogP contribution in [0.1, 0.15) is 32.6 Å². The van der Waals surface area contributed by atoms with Crippen LogP contribution in [-0.2, 0) is 0 Å². The summed E-state index contributed by atoms with van der Waals surface area (Å²) < 4.78 is 5.53. The molecule has 0 aromatic heterocycles. The average molecular weight is 295 g/mol. The molecule has 1 aromatic rings. The maximum absolute atomic E-state index is 6.19. The van der Waals surface area contributed by atoms with Crippen LogP contribution in [0.2, 0.25) is 5.02 Å². The molecule has 0 bridgehead atoms. The Morgan fingerprint density at radius 3 is 2.80 bits per heavy atom. The summed E-state index contributed by atoms with van der Waals surface area (Å²) in [6.45, 7) is 4.33. The summed E-state index contributed by atoms with van der Waals surface area (Å²) in [5, 5.41) is 4.55. The second-order valence-electron chi connectivity index (χ2n) is 6.16. The minimum Gasteiger partial charge on any atom is -0.495 e. The molecule has 110 valence electrons. The summed E-state index contributed by atoms with van der Waals surface area (Å²) in [5.74, 6) is 0.913. The van der Waals surface area contributed by atoms with E-state index in [2.05, 4.69) is 17.1 Å². The molecule has 1 saturated heterocycles. The first kappa shape index (κ1) is 14.0. The molecule has 1 heterocycles. The molecule has 0 amide bonds. The van der Waals surface area contributed by atoms with Crippen molar-refractivity contribution in [1.29, 1.82) is 0 Å². The summed E-state index contributed by atoms with van der Waals surface area (Å²) in [7, 11) is 1.73. The highest BCUT2D eigenvalue weighted by atomic mass is 35.5. The number of nitrogens with one attached hydrogen (secondary N) is 1. The molecule has 0 radical (unpaired) electrons. The van der Waals surface area contributed by atoms with Crippen LogP contribution in [0.3, 0.4) is 0 Å². The van der Waals surface area contributed by atoms with Gasteiger partial charge in [0.15, 0.2) is 0 Å².